The second kappa shape index (κ2) is 16.3. The van der Waals surface area contributed by atoms with Gasteiger partial charge in [-0.25, -0.2) is 4.79 Å². The van der Waals surface area contributed by atoms with E-state index in [1.54, 1.807) is 20.0 Å². The van der Waals surface area contributed by atoms with E-state index in [4.69, 9.17) is 16.6 Å². The molecule has 4 unspecified atom stereocenters. The Morgan fingerprint density at radius 1 is 0.878 bits per heavy atom. The summed E-state index contributed by atoms with van der Waals surface area (Å²) < 4.78 is 0. The van der Waals surface area contributed by atoms with Crippen molar-refractivity contribution >= 4 is 40.6 Å². The van der Waals surface area contributed by atoms with E-state index in [1.165, 1.54) is 0 Å². The molecule has 0 fully saturated rings. The molecule has 1 heterocycles. The van der Waals surface area contributed by atoms with Crippen molar-refractivity contribution in [2.75, 3.05) is 6.54 Å². The number of H-pyrrole nitrogens is 1. The lowest BCUT2D eigenvalue weighted by molar-refractivity contribution is -0.143. The number of aliphatic carboxylic acids is 2. The largest absolute Gasteiger partial charge is 0.481 e. The first-order valence-electron chi connectivity index (χ1n) is 13.8. The predicted molar refractivity (Wildman–Crippen MR) is 153 cm³/mol. The number of amides is 3. The summed E-state index contributed by atoms with van der Waals surface area (Å²) >= 11 is 0. The number of carbonyl (C=O) groups is 5. The van der Waals surface area contributed by atoms with Gasteiger partial charge in [0.05, 0.1) is 6.04 Å². The first-order chi connectivity index (χ1) is 19.4. The van der Waals surface area contributed by atoms with Crippen molar-refractivity contribution in [3.05, 3.63) is 36.0 Å². The maximum atomic E-state index is 13.3. The molecule has 0 saturated carbocycles. The van der Waals surface area contributed by atoms with Gasteiger partial charge < -0.3 is 42.6 Å². The Morgan fingerprint density at radius 2 is 1.49 bits per heavy atom. The molecule has 10 N–H and O–H groups in total. The molecule has 0 bridgehead atoms. The van der Waals surface area contributed by atoms with Crippen molar-refractivity contribution in [3.63, 3.8) is 0 Å². The highest BCUT2D eigenvalue weighted by Gasteiger charge is 2.31. The lowest BCUT2D eigenvalue weighted by Crippen LogP contribution is -2.57. The summed E-state index contributed by atoms with van der Waals surface area (Å²) in [4.78, 5) is 65.3. The third-order valence-corrected chi connectivity index (χ3v) is 6.63. The number of hydrogen-bond donors (Lipinski definition) is 8. The van der Waals surface area contributed by atoms with Crippen LogP contribution < -0.4 is 27.4 Å². The van der Waals surface area contributed by atoms with Gasteiger partial charge in [-0.1, -0.05) is 32.0 Å². The first kappa shape index (κ1) is 33.2. The second-order valence-electron chi connectivity index (χ2n) is 10.5. The Labute approximate surface area is 238 Å². The molecular formula is C28H42N6O7. The fourth-order valence-electron chi connectivity index (χ4n) is 4.44. The number of aromatic amines is 1. The van der Waals surface area contributed by atoms with Crippen molar-refractivity contribution in [1.29, 1.82) is 0 Å². The predicted octanol–water partition coefficient (Wildman–Crippen LogP) is 0.617. The molecular weight excluding hydrogens is 532 g/mol. The van der Waals surface area contributed by atoms with Crippen LogP contribution in [-0.2, 0) is 30.4 Å². The van der Waals surface area contributed by atoms with Crippen LogP contribution in [0.5, 0.6) is 0 Å². The van der Waals surface area contributed by atoms with Gasteiger partial charge in [0.2, 0.25) is 17.7 Å². The summed E-state index contributed by atoms with van der Waals surface area (Å²) in [6, 6.07) is 2.98. The van der Waals surface area contributed by atoms with E-state index in [0.717, 1.165) is 16.5 Å². The highest BCUT2D eigenvalue weighted by molar-refractivity contribution is 5.94. The quantitative estimate of drug-likeness (QED) is 0.116. The molecule has 13 heteroatoms. The van der Waals surface area contributed by atoms with Crippen molar-refractivity contribution in [1.82, 2.24) is 20.9 Å². The second-order valence-corrected chi connectivity index (χ2v) is 10.5. The minimum Gasteiger partial charge on any atom is -0.481 e. The third-order valence-electron chi connectivity index (χ3n) is 6.63. The van der Waals surface area contributed by atoms with Crippen LogP contribution >= 0.6 is 0 Å². The van der Waals surface area contributed by atoms with Crippen LogP contribution in [-0.4, -0.2) is 75.6 Å². The van der Waals surface area contributed by atoms with E-state index in [-0.39, 0.29) is 31.6 Å². The van der Waals surface area contributed by atoms with E-state index in [2.05, 4.69) is 20.9 Å². The number of hydrogen-bond acceptors (Lipinski definition) is 7. The monoisotopic (exact) mass is 574 g/mol. The van der Waals surface area contributed by atoms with E-state index in [9.17, 15) is 29.1 Å². The molecule has 0 spiro atoms. The number of para-hydroxylation sites is 1. The van der Waals surface area contributed by atoms with E-state index < -0.39 is 60.2 Å². The van der Waals surface area contributed by atoms with Gasteiger partial charge >= 0.3 is 11.9 Å². The number of carboxylic acids is 2. The maximum absolute atomic E-state index is 13.3. The fourth-order valence-corrected chi connectivity index (χ4v) is 4.44. The molecule has 0 radical (unpaired) electrons. The Morgan fingerprint density at radius 3 is 2.10 bits per heavy atom. The fraction of sp³-hybridized carbons (Fsp3) is 0.536. The lowest BCUT2D eigenvalue weighted by atomic mass is 10.0. The number of nitrogens with two attached hydrogens (primary N) is 2. The molecule has 2 rings (SSSR count). The van der Waals surface area contributed by atoms with Gasteiger partial charge in [-0.3, -0.25) is 19.2 Å². The summed E-state index contributed by atoms with van der Waals surface area (Å²) in [7, 11) is 0. The maximum Gasteiger partial charge on any atom is 0.326 e. The van der Waals surface area contributed by atoms with Crippen molar-refractivity contribution in [2.24, 2.45) is 17.4 Å². The first-order valence-corrected chi connectivity index (χ1v) is 13.8. The number of rotatable bonds is 18. The molecule has 0 aliphatic rings. The average molecular weight is 575 g/mol. The molecule has 1 aromatic carbocycles. The summed E-state index contributed by atoms with van der Waals surface area (Å²) in [5, 5.41) is 27.1. The van der Waals surface area contributed by atoms with Crippen molar-refractivity contribution in [3.8, 4) is 0 Å². The van der Waals surface area contributed by atoms with Crippen LogP contribution in [0.25, 0.3) is 10.9 Å². The van der Waals surface area contributed by atoms with Gasteiger partial charge in [0.1, 0.15) is 18.1 Å². The molecule has 13 nitrogen and oxygen atoms in total. The number of carbonyl (C=O) groups excluding carboxylic acids is 3. The summed E-state index contributed by atoms with van der Waals surface area (Å²) in [6.07, 6.45) is 2.69. The molecule has 3 amide bonds. The smallest absolute Gasteiger partial charge is 0.326 e. The molecule has 0 aliphatic heterocycles. The van der Waals surface area contributed by atoms with Crippen LogP contribution in [0.2, 0.25) is 0 Å². The molecule has 4 atom stereocenters. The van der Waals surface area contributed by atoms with Gasteiger partial charge in [0.25, 0.3) is 0 Å². The van der Waals surface area contributed by atoms with Gasteiger partial charge in [0, 0.05) is 23.5 Å². The van der Waals surface area contributed by atoms with Gasteiger partial charge in [-0.05, 0) is 62.6 Å². The molecule has 41 heavy (non-hydrogen) atoms. The SMILES string of the molecule is CC(C)CC(NC(=O)C(CCC(=O)O)NC(=O)C(CCCCN)NC(=O)C(N)Cc1c[nH]c2ccccc12)C(=O)O. The molecule has 2 aromatic rings. The van der Waals surface area contributed by atoms with E-state index in [1.807, 2.05) is 24.3 Å². The number of aromatic nitrogens is 1. The summed E-state index contributed by atoms with van der Waals surface area (Å²) in [5.41, 5.74) is 13.5. The van der Waals surface area contributed by atoms with E-state index in [0.29, 0.717) is 19.4 Å². The molecule has 1 aromatic heterocycles. The Hall–Kier alpha value is -3.97. The van der Waals surface area contributed by atoms with Crippen molar-refractivity contribution < 1.29 is 34.2 Å². The Bertz CT molecular complexity index is 1200. The zero-order valence-corrected chi connectivity index (χ0v) is 23.5. The molecule has 0 saturated heterocycles. The van der Waals surface area contributed by atoms with Crippen LogP contribution in [0, 0.1) is 5.92 Å². The minimum atomic E-state index is -1.33. The molecule has 0 aliphatic carbocycles. The van der Waals surface area contributed by atoms with Gasteiger partial charge in [-0.2, -0.15) is 0 Å². The highest BCUT2D eigenvalue weighted by Crippen LogP contribution is 2.19. The van der Waals surface area contributed by atoms with E-state index >= 15 is 0 Å². The van der Waals surface area contributed by atoms with Crippen LogP contribution in [0.4, 0.5) is 0 Å². The number of carboxylic acid groups (broad SMARTS) is 2. The average Bonchev–Trinajstić information content (AvgIpc) is 3.32. The zero-order valence-electron chi connectivity index (χ0n) is 23.5. The molecule has 226 valence electrons. The lowest BCUT2D eigenvalue weighted by Gasteiger charge is -2.25. The Kier molecular flexibility index (Phi) is 13.2. The number of benzene rings is 1. The number of nitrogens with one attached hydrogen (secondary N) is 4. The number of fused-ring (bicyclic) bond motifs is 1. The topological polar surface area (TPSA) is 230 Å². The van der Waals surface area contributed by atoms with Crippen LogP contribution in [0.1, 0.15) is 57.9 Å². The summed E-state index contributed by atoms with van der Waals surface area (Å²) in [5.74, 6) is -4.58. The minimum absolute atomic E-state index is 0.0425. The normalized spacial score (nSPS) is 14.2. The van der Waals surface area contributed by atoms with Crippen LogP contribution in [0.3, 0.4) is 0 Å². The van der Waals surface area contributed by atoms with Crippen molar-refractivity contribution in [2.45, 2.75) is 83.0 Å². The highest BCUT2D eigenvalue weighted by atomic mass is 16.4. The van der Waals surface area contributed by atoms with Gasteiger partial charge in [0.15, 0.2) is 0 Å². The number of unbranched alkanes of at least 4 members (excludes halogenated alkanes) is 1. The third kappa shape index (κ3) is 10.8. The Balaban J connectivity index is 2.15. The zero-order chi connectivity index (χ0) is 30.5. The van der Waals surface area contributed by atoms with Crippen LogP contribution in [0.15, 0.2) is 30.5 Å². The summed E-state index contributed by atoms with van der Waals surface area (Å²) in [6.45, 7) is 3.96. The van der Waals surface area contributed by atoms with Gasteiger partial charge in [-0.15, -0.1) is 0 Å². The standard InChI is InChI=1S/C28H42N6O7/c1-16(2)13-23(28(40)41)34-27(39)22(10-11-24(35)36)33-26(38)21(9-5-6-12-29)32-25(37)19(30)14-17-15-31-20-8-4-3-7-18(17)20/h3-4,7-8,15-16,19,21-23,31H,5-6,9-14,29-30H2,1-2H3,(H,32,37)(H,33,38)(H,34,39)(H,35,36)(H,40,41).